The molecule has 0 fully saturated rings. The van der Waals surface area contributed by atoms with Gasteiger partial charge in [-0.25, -0.2) is 0 Å². The summed E-state index contributed by atoms with van der Waals surface area (Å²) in [5.74, 6) is 0.442. The van der Waals surface area contributed by atoms with Crippen LogP contribution in [0.15, 0.2) is 66.9 Å². The summed E-state index contributed by atoms with van der Waals surface area (Å²) in [6, 6.07) is 20.2. The van der Waals surface area contributed by atoms with Gasteiger partial charge in [0.05, 0.1) is 19.0 Å². The van der Waals surface area contributed by atoms with E-state index >= 15 is 0 Å². The minimum Gasteiger partial charge on any atom is -0.484 e. The van der Waals surface area contributed by atoms with E-state index in [2.05, 4.69) is 75.5 Å². The van der Waals surface area contributed by atoms with E-state index in [4.69, 9.17) is 4.74 Å². The van der Waals surface area contributed by atoms with Crippen LogP contribution in [-0.4, -0.2) is 23.8 Å². The number of ether oxygens (including phenoxy) is 2. The van der Waals surface area contributed by atoms with Crippen LogP contribution in [0.2, 0.25) is 0 Å². The summed E-state index contributed by atoms with van der Waals surface area (Å²) in [6.45, 7) is 13.3. The first kappa shape index (κ1) is 30.1. The van der Waals surface area contributed by atoms with Crippen LogP contribution in [0.1, 0.15) is 101 Å². The van der Waals surface area contributed by atoms with E-state index in [1.165, 1.54) is 12.7 Å². The summed E-state index contributed by atoms with van der Waals surface area (Å²) in [7, 11) is 1.36. The van der Waals surface area contributed by atoms with Crippen molar-refractivity contribution in [2.24, 2.45) is 5.41 Å². The summed E-state index contributed by atoms with van der Waals surface area (Å²) in [4.78, 5) is 28.6. The molecule has 0 saturated carbocycles. The minimum absolute atomic E-state index is 0.0212. The van der Waals surface area contributed by atoms with Crippen LogP contribution in [0, 0.1) is 5.41 Å². The fourth-order valence-electron chi connectivity index (χ4n) is 4.31. The second kappa shape index (κ2) is 13.1. The molecule has 0 aliphatic carbocycles. The smallest absolute Gasteiger partial charge is 0.305 e. The zero-order chi connectivity index (χ0) is 28.6. The topological polar surface area (TPSA) is 65.5 Å². The van der Waals surface area contributed by atoms with Crippen LogP contribution < -0.4 is 4.74 Å². The Morgan fingerprint density at radius 2 is 1.51 bits per heavy atom. The Morgan fingerprint density at radius 3 is 2.05 bits per heavy atom. The van der Waals surface area contributed by atoms with Crippen LogP contribution in [-0.2, 0) is 14.9 Å². The van der Waals surface area contributed by atoms with Crippen LogP contribution in [0.4, 0.5) is 0 Å². The van der Waals surface area contributed by atoms with Gasteiger partial charge in [-0.2, -0.15) is 0 Å². The number of carbonyl (C=O) groups excluding carboxylic acids is 2. The van der Waals surface area contributed by atoms with Crippen LogP contribution in [0.3, 0.4) is 0 Å². The highest BCUT2D eigenvalue weighted by Crippen LogP contribution is 2.32. The molecule has 0 saturated heterocycles. The molecule has 0 amide bonds. The number of nitrogens with zero attached hydrogens (tertiary/aromatic N) is 1. The fraction of sp³-hybridized carbons (Fsp3) is 0.441. The molecule has 0 aliphatic heterocycles. The standard InChI is InChI=1S/C34H43NO4/c1-33(2,3)22-21-31(26-13-11-25(12-14-26)30(36)9-8-10-32(37)38-7)39-28-19-20-29(35-23-28)24-15-17-27(18-16-24)34(4,5)6/h11-20,23,31H,8-10,21-22H2,1-7H3. The highest BCUT2D eigenvalue weighted by molar-refractivity contribution is 5.96. The van der Waals surface area contributed by atoms with E-state index in [9.17, 15) is 9.59 Å². The van der Waals surface area contributed by atoms with Gasteiger partial charge in [-0.3, -0.25) is 14.6 Å². The van der Waals surface area contributed by atoms with Crippen molar-refractivity contribution < 1.29 is 19.1 Å². The predicted molar refractivity (Wildman–Crippen MR) is 157 cm³/mol. The Balaban J connectivity index is 1.72. The molecule has 5 nitrogen and oxygen atoms in total. The molecule has 0 aliphatic rings. The van der Waals surface area contributed by atoms with Crippen LogP contribution in [0.25, 0.3) is 11.3 Å². The Labute approximate surface area is 234 Å². The molecule has 3 aromatic rings. The predicted octanol–water partition coefficient (Wildman–Crippen LogP) is 8.52. The quantitative estimate of drug-likeness (QED) is 0.184. The molecule has 0 spiro atoms. The Kier molecular flexibility index (Phi) is 10.1. The number of rotatable bonds is 11. The number of aromatic nitrogens is 1. The second-order valence-corrected chi connectivity index (χ2v) is 12.4. The van der Waals surface area contributed by atoms with E-state index in [0.29, 0.717) is 24.2 Å². The van der Waals surface area contributed by atoms with Crippen molar-refractivity contribution in [3.05, 3.63) is 83.6 Å². The van der Waals surface area contributed by atoms with E-state index in [-0.39, 0.29) is 35.1 Å². The molecular formula is C34H43NO4. The zero-order valence-corrected chi connectivity index (χ0v) is 24.5. The Hall–Kier alpha value is -3.47. The van der Waals surface area contributed by atoms with Gasteiger partial charge in [0.1, 0.15) is 11.9 Å². The molecule has 39 heavy (non-hydrogen) atoms. The maximum Gasteiger partial charge on any atom is 0.305 e. The SMILES string of the molecule is COC(=O)CCCC(=O)c1ccc(C(CCC(C)(C)C)Oc2ccc(-c3ccc(C(C)(C)C)cc3)nc2)cc1. The van der Waals surface area contributed by atoms with Crippen molar-refractivity contribution in [2.45, 2.75) is 85.2 Å². The van der Waals surface area contributed by atoms with Gasteiger partial charge >= 0.3 is 5.97 Å². The Bertz CT molecular complexity index is 1210. The third-order valence-corrected chi connectivity index (χ3v) is 6.83. The van der Waals surface area contributed by atoms with Crippen molar-refractivity contribution in [3.8, 4) is 17.0 Å². The first-order valence-corrected chi connectivity index (χ1v) is 13.8. The molecule has 2 aromatic carbocycles. The Morgan fingerprint density at radius 1 is 0.846 bits per heavy atom. The number of methoxy groups -OCH3 is 1. The minimum atomic E-state index is -0.294. The first-order valence-electron chi connectivity index (χ1n) is 13.8. The largest absolute Gasteiger partial charge is 0.484 e. The lowest BCUT2D eigenvalue weighted by molar-refractivity contribution is -0.140. The van der Waals surface area contributed by atoms with Crippen molar-refractivity contribution >= 4 is 11.8 Å². The number of Topliss-reactive ketones (excluding diaryl/α,β-unsaturated/α-hetero) is 1. The summed E-state index contributed by atoms with van der Waals surface area (Å²) >= 11 is 0. The monoisotopic (exact) mass is 529 g/mol. The number of esters is 1. The average molecular weight is 530 g/mol. The molecule has 1 atom stereocenters. The third-order valence-electron chi connectivity index (χ3n) is 6.83. The van der Waals surface area contributed by atoms with E-state index in [1.54, 1.807) is 6.20 Å². The number of benzene rings is 2. The summed E-state index contributed by atoms with van der Waals surface area (Å²) < 4.78 is 11.1. The number of hydrogen-bond acceptors (Lipinski definition) is 5. The molecule has 0 bridgehead atoms. The lowest BCUT2D eigenvalue weighted by Gasteiger charge is -2.24. The number of pyridine rings is 1. The maximum absolute atomic E-state index is 12.6. The highest BCUT2D eigenvalue weighted by atomic mass is 16.5. The van der Waals surface area contributed by atoms with Crippen molar-refractivity contribution in [1.29, 1.82) is 0 Å². The fourth-order valence-corrected chi connectivity index (χ4v) is 4.31. The highest BCUT2D eigenvalue weighted by Gasteiger charge is 2.20. The maximum atomic E-state index is 12.6. The molecule has 1 aromatic heterocycles. The van der Waals surface area contributed by atoms with Crippen molar-refractivity contribution in [3.63, 3.8) is 0 Å². The first-order chi connectivity index (χ1) is 18.4. The van der Waals surface area contributed by atoms with E-state index in [1.807, 2.05) is 36.4 Å². The average Bonchev–Trinajstić information content (AvgIpc) is 2.90. The van der Waals surface area contributed by atoms with Gasteiger partial charge < -0.3 is 9.47 Å². The van der Waals surface area contributed by atoms with Gasteiger partial charge in [-0.1, -0.05) is 90.1 Å². The molecule has 3 rings (SSSR count). The zero-order valence-electron chi connectivity index (χ0n) is 24.5. The molecule has 5 heteroatoms. The number of ketones is 1. The van der Waals surface area contributed by atoms with Gasteiger partial charge in [0.25, 0.3) is 0 Å². The van der Waals surface area contributed by atoms with Gasteiger partial charge in [0.2, 0.25) is 0 Å². The molecule has 208 valence electrons. The number of hydrogen-bond donors (Lipinski definition) is 0. The van der Waals surface area contributed by atoms with Crippen LogP contribution in [0.5, 0.6) is 5.75 Å². The molecule has 1 heterocycles. The summed E-state index contributed by atoms with van der Waals surface area (Å²) in [6.07, 6.45) is 4.49. The van der Waals surface area contributed by atoms with Crippen LogP contribution >= 0.6 is 0 Å². The normalized spacial score (nSPS) is 12.6. The third kappa shape index (κ3) is 9.35. The summed E-state index contributed by atoms with van der Waals surface area (Å²) in [5.41, 5.74) is 5.21. The number of carbonyl (C=O) groups is 2. The van der Waals surface area contributed by atoms with Gasteiger partial charge in [0.15, 0.2) is 5.78 Å². The lowest BCUT2D eigenvalue weighted by atomic mass is 9.86. The van der Waals surface area contributed by atoms with E-state index < -0.39 is 0 Å². The lowest BCUT2D eigenvalue weighted by Crippen LogP contribution is -2.13. The molecule has 1 unspecified atom stereocenters. The summed E-state index contributed by atoms with van der Waals surface area (Å²) in [5, 5.41) is 0. The van der Waals surface area contributed by atoms with E-state index in [0.717, 1.165) is 29.7 Å². The molecule has 0 N–H and O–H groups in total. The molecule has 0 radical (unpaired) electrons. The second-order valence-electron chi connectivity index (χ2n) is 12.4. The van der Waals surface area contributed by atoms with Crippen molar-refractivity contribution in [2.75, 3.05) is 7.11 Å². The van der Waals surface area contributed by atoms with Crippen molar-refractivity contribution in [1.82, 2.24) is 4.98 Å². The van der Waals surface area contributed by atoms with Gasteiger partial charge in [-0.15, -0.1) is 0 Å². The molecular weight excluding hydrogens is 486 g/mol. The van der Waals surface area contributed by atoms with Gasteiger partial charge in [0, 0.05) is 24.0 Å². The van der Waals surface area contributed by atoms with Gasteiger partial charge in [-0.05, 0) is 53.4 Å².